The Bertz CT molecular complexity index is 1280. The SMILES string of the molecule is COc1ccc2c(c1OC)OC1(CCN(C(=O)CCCOc3ccc4ccccc4c3)CC1)CC2=O. The zero-order chi connectivity index (χ0) is 25.1. The lowest BCUT2D eigenvalue weighted by atomic mass is 9.82. The number of likely N-dealkylation sites (tertiary alicyclic amines) is 1. The van der Waals surface area contributed by atoms with Crippen molar-refractivity contribution in [2.24, 2.45) is 0 Å². The van der Waals surface area contributed by atoms with Gasteiger partial charge in [-0.15, -0.1) is 0 Å². The van der Waals surface area contributed by atoms with E-state index in [-0.39, 0.29) is 11.7 Å². The number of amides is 1. The maximum atomic E-state index is 12.9. The summed E-state index contributed by atoms with van der Waals surface area (Å²) in [6.07, 6.45) is 2.56. The van der Waals surface area contributed by atoms with Crippen molar-refractivity contribution in [3.05, 3.63) is 60.2 Å². The van der Waals surface area contributed by atoms with Crippen molar-refractivity contribution in [2.45, 2.75) is 37.7 Å². The van der Waals surface area contributed by atoms with Crippen LogP contribution in [0.15, 0.2) is 54.6 Å². The summed E-state index contributed by atoms with van der Waals surface area (Å²) < 4.78 is 23.2. The molecule has 2 aliphatic rings. The van der Waals surface area contributed by atoms with E-state index >= 15 is 0 Å². The van der Waals surface area contributed by atoms with Gasteiger partial charge >= 0.3 is 0 Å². The van der Waals surface area contributed by atoms with Crippen LogP contribution in [0, 0.1) is 0 Å². The van der Waals surface area contributed by atoms with Gasteiger partial charge in [0.25, 0.3) is 0 Å². The van der Waals surface area contributed by atoms with Crippen molar-refractivity contribution < 1.29 is 28.5 Å². The lowest BCUT2D eigenvalue weighted by Crippen LogP contribution is -2.52. The van der Waals surface area contributed by atoms with Gasteiger partial charge in [-0.3, -0.25) is 9.59 Å². The van der Waals surface area contributed by atoms with Gasteiger partial charge in [-0.1, -0.05) is 30.3 Å². The average molecular weight is 490 g/mol. The van der Waals surface area contributed by atoms with Crippen LogP contribution in [0.5, 0.6) is 23.0 Å². The molecule has 3 aromatic rings. The maximum absolute atomic E-state index is 12.9. The predicted molar refractivity (Wildman–Crippen MR) is 136 cm³/mol. The van der Waals surface area contributed by atoms with E-state index in [2.05, 4.69) is 12.1 Å². The third-order valence-corrected chi connectivity index (χ3v) is 7.15. The van der Waals surface area contributed by atoms with Gasteiger partial charge in [0, 0.05) is 32.4 Å². The topological polar surface area (TPSA) is 74.3 Å². The second-order valence-corrected chi connectivity index (χ2v) is 9.40. The number of piperidine rings is 1. The number of ether oxygens (including phenoxy) is 4. The largest absolute Gasteiger partial charge is 0.494 e. The van der Waals surface area contributed by atoms with Crippen molar-refractivity contribution in [3.8, 4) is 23.0 Å². The number of hydrogen-bond acceptors (Lipinski definition) is 6. The summed E-state index contributed by atoms with van der Waals surface area (Å²) in [5.41, 5.74) is -0.108. The Kier molecular flexibility index (Phi) is 6.72. The molecule has 0 unspecified atom stereocenters. The number of methoxy groups -OCH3 is 2. The van der Waals surface area contributed by atoms with Gasteiger partial charge in [0.05, 0.1) is 32.8 Å². The van der Waals surface area contributed by atoms with Gasteiger partial charge in [-0.05, 0) is 41.5 Å². The van der Waals surface area contributed by atoms with Gasteiger partial charge in [0.2, 0.25) is 11.7 Å². The van der Waals surface area contributed by atoms with Gasteiger partial charge in [-0.2, -0.15) is 0 Å². The number of carbonyl (C=O) groups is 2. The Morgan fingerprint density at radius 3 is 2.53 bits per heavy atom. The van der Waals surface area contributed by atoms with Crippen LogP contribution in [0.1, 0.15) is 42.5 Å². The van der Waals surface area contributed by atoms with E-state index in [1.807, 2.05) is 35.2 Å². The standard InChI is InChI=1S/C29H31NO6/c1-33-25-12-11-23-24(31)19-29(36-27(23)28(25)34-2)13-15-30(16-14-29)26(32)8-5-17-35-22-10-9-20-6-3-4-7-21(20)18-22/h3-4,6-7,9-12,18H,5,8,13-17,19H2,1-2H3. The molecule has 36 heavy (non-hydrogen) atoms. The summed E-state index contributed by atoms with van der Waals surface area (Å²) in [7, 11) is 3.10. The van der Waals surface area contributed by atoms with Crippen molar-refractivity contribution in [1.29, 1.82) is 0 Å². The molecule has 7 heteroatoms. The predicted octanol–water partition coefficient (Wildman–Crippen LogP) is 5.04. The fourth-order valence-electron chi connectivity index (χ4n) is 5.13. The minimum absolute atomic E-state index is 0.0304. The molecule has 1 fully saturated rings. The Balaban J connectivity index is 1.14. The number of carbonyl (C=O) groups excluding carboxylic acids is 2. The third kappa shape index (κ3) is 4.70. The summed E-state index contributed by atoms with van der Waals surface area (Å²) in [6.45, 7) is 1.59. The second-order valence-electron chi connectivity index (χ2n) is 9.40. The Morgan fingerprint density at radius 2 is 1.78 bits per heavy atom. The van der Waals surface area contributed by atoms with E-state index in [1.54, 1.807) is 19.2 Å². The molecule has 1 amide bonds. The first-order chi connectivity index (χ1) is 17.5. The number of Topliss-reactive ketones (excluding diaryl/α,β-unsaturated/α-hetero) is 1. The highest BCUT2D eigenvalue weighted by atomic mass is 16.5. The number of nitrogens with zero attached hydrogens (tertiary/aromatic N) is 1. The molecular weight excluding hydrogens is 458 g/mol. The molecular formula is C29H31NO6. The Hall–Kier alpha value is -3.74. The first-order valence-corrected chi connectivity index (χ1v) is 12.4. The van der Waals surface area contributed by atoms with E-state index in [0.29, 0.717) is 74.6 Å². The van der Waals surface area contributed by atoms with Crippen molar-refractivity contribution in [3.63, 3.8) is 0 Å². The molecule has 0 N–H and O–H groups in total. The maximum Gasteiger partial charge on any atom is 0.222 e. The van der Waals surface area contributed by atoms with Crippen molar-refractivity contribution >= 4 is 22.5 Å². The summed E-state index contributed by atoms with van der Waals surface area (Å²) in [4.78, 5) is 27.6. The molecule has 2 aliphatic heterocycles. The minimum atomic E-state index is -0.625. The molecule has 188 valence electrons. The molecule has 2 heterocycles. The van der Waals surface area contributed by atoms with E-state index < -0.39 is 5.60 Å². The smallest absolute Gasteiger partial charge is 0.222 e. The molecule has 1 saturated heterocycles. The quantitative estimate of drug-likeness (QED) is 0.433. The molecule has 0 radical (unpaired) electrons. The summed E-state index contributed by atoms with van der Waals surface area (Å²) in [5.74, 6) is 2.36. The lowest BCUT2D eigenvalue weighted by molar-refractivity contribution is -0.135. The zero-order valence-corrected chi connectivity index (χ0v) is 20.7. The highest BCUT2D eigenvalue weighted by molar-refractivity contribution is 6.01. The molecule has 5 rings (SSSR count). The van der Waals surface area contributed by atoms with Gasteiger partial charge < -0.3 is 23.8 Å². The van der Waals surface area contributed by atoms with Crippen LogP contribution >= 0.6 is 0 Å². The molecule has 0 aliphatic carbocycles. The number of rotatable bonds is 7. The number of hydrogen-bond donors (Lipinski definition) is 0. The molecule has 0 atom stereocenters. The molecule has 0 saturated carbocycles. The highest BCUT2D eigenvalue weighted by Gasteiger charge is 2.45. The summed E-state index contributed by atoms with van der Waals surface area (Å²) >= 11 is 0. The zero-order valence-electron chi connectivity index (χ0n) is 20.7. The normalized spacial score (nSPS) is 16.4. The molecule has 0 aromatic heterocycles. The molecule has 7 nitrogen and oxygen atoms in total. The molecule has 1 spiro atoms. The molecule has 3 aromatic carbocycles. The monoisotopic (exact) mass is 489 g/mol. The van der Waals surface area contributed by atoms with Crippen LogP contribution in [-0.2, 0) is 4.79 Å². The van der Waals surface area contributed by atoms with Crippen LogP contribution in [0.2, 0.25) is 0 Å². The second kappa shape index (κ2) is 10.1. The van der Waals surface area contributed by atoms with Crippen molar-refractivity contribution in [1.82, 2.24) is 4.90 Å². The van der Waals surface area contributed by atoms with Gasteiger partial charge in [0.1, 0.15) is 11.4 Å². The van der Waals surface area contributed by atoms with E-state index in [1.165, 1.54) is 12.5 Å². The number of benzene rings is 3. The Labute approximate surface area is 210 Å². The van der Waals surface area contributed by atoms with Crippen molar-refractivity contribution in [2.75, 3.05) is 33.9 Å². The minimum Gasteiger partial charge on any atom is -0.494 e. The highest BCUT2D eigenvalue weighted by Crippen LogP contribution is 2.47. The first kappa shape index (κ1) is 24.0. The van der Waals surface area contributed by atoms with Gasteiger partial charge in [0.15, 0.2) is 17.3 Å². The van der Waals surface area contributed by atoms with Crippen LogP contribution in [0.25, 0.3) is 10.8 Å². The Morgan fingerprint density at radius 1 is 1.00 bits per heavy atom. The number of ketones is 1. The summed E-state index contributed by atoms with van der Waals surface area (Å²) in [5, 5.41) is 2.31. The van der Waals surface area contributed by atoms with E-state index in [0.717, 1.165) is 11.1 Å². The third-order valence-electron chi connectivity index (χ3n) is 7.15. The average Bonchev–Trinajstić information content (AvgIpc) is 2.90. The van der Waals surface area contributed by atoms with E-state index in [9.17, 15) is 9.59 Å². The molecule has 0 bridgehead atoms. The van der Waals surface area contributed by atoms with E-state index in [4.69, 9.17) is 18.9 Å². The first-order valence-electron chi connectivity index (χ1n) is 12.4. The summed E-state index contributed by atoms with van der Waals surface area (Å²) in [6, 6.07) is 17.6. The number of fused-ring (bicyclic) bond motifs is 2. The van der Waals surface area contributed by atoms with Crippen LogP contribution in [-0.4, -0.2) is 56.1 Å². The van der Waals surface area contributed by atoms with Gasteiger partial charge in [-0.25, -0.2) is 0 Å². The lowest BCUT2D eigenvalue weighted by Gasteiger charge is -2.44. The van der Waals surface area contributed by atoms with Crippen LogP contribution < -0.4 is 18.9 Å². The van der Waals surface area contributed by atoms with Crippen LogP contribution in [0.3, 0.4) is 0 Å². The van der Waals surface area contributed by atoms with Crippen LogP contribution in [0.4, 0.5) is 0 Å². The fourth-order valence-corrected chi connectivity index (χ4v) is 5.13. The fraction of sp³-hybridized carbons (Fsp3) is 0.379.